The third-order valence-electron chi connectivity index (χ3n) is 3.08. The molecule has 0 bridgehead atoms. The van der Waals surface area contributed by atoms with Crippen LogP contribution in [-0.2, 0) is 4.79 Å². The molecule has 0 unspecified atom stereocenters. The molecule has 0 aliphatic rings. The summed E-state index contributed by atoms with van der Waals surface area (Å²) < 4.78 is 18.5. The van der Waals surface area contributed by atoms with E-state index in [9.17, 15) is 9.18 Å². The average molecular weight is 333 g/mol. The molecule has 23 heavy (non-hydrogen) atoms. The number of carbonyl (C=O) groups is 1. The molecular weight excluding hydrogens is 319 g/mol. The Kier molecular flexibility index (Phi) is 4.87. The van der Waals surface area contributed by atoms with Crippen molar-refractivity contribution < 1.29 is 13.9 Å². The molecule has 2 aromatic rings. The number of nitriles is 1. The van der Waals surface area contributed by atoms with E-state index in [4.69, 9.17) is 21.6 Å². The number of hydrogen-bond donors (Lipinski definition) is 1. The highest BCUT2D eigenvalue weighted by molar-refractivity contribution is 6.32. The van der Waals surface area contributed by atoms with Gasteiger partial charge in [-0.15, -0.1) is 0 Å². The minimum Gasteiger partial charge on any atom is -0.478 e. The summed E-state index contributed by atoms with van der Waals surface area (Å²) in [5, 5.41) is 11.8. The van der Waals surface area contributed by atoms with Gasteiger partial charge in [0.2, 0.25) is 0 Å². The Labute approximate surface area is 138 Å². The van der Waals surface area contributed by atoms with Gasteiger partial charge in [0, 0.05) is 5.69 Å². The molecule has 0 saturated heterocycles. The molecule has 1 amide bonds. The molecule has 4 nitrogen and oxygen atoms in total. The number of hydrogen-bond acceptors (Lipinski definition) is 3. The van der Waals surface area contributed by atoms with Crippen LogP contribution in [0.15, 0.2) is 42.5 Å². The second kappa shape index (κ2) is 6.67. The van der Waals surface area contributed by atoms with Crippen LogP contribution < -0.4 is 10.1 Å². The number of amides is 1. The molecule has 0 heterocycles. The van der Waals surface area contributed by atoms with E-state index in [2.05, 4.69) is 5.32 Å². The predicted molar refractivity (Wildman–Crippen MR) is 85.9 cm³/mol. The molecule has 0 saturated carbocycles. The van der Waals surface area contributed by atoms with Gasteiger partial charge in [-0.25, -0.2) is 4.39 Å². The Bertz CT molecular complexity index is 767. The lowest BCUT2D eigenvalue weighted by Crippen LogP contribution is -2.42. The summed E-state index contributed by atoms with van der Waals surface area (Å²) in [5.41, 5.74) is -0.403. The first kappa shape index (κ1) is 16.8. The molecule has 0 aliphatic heterocycles. The number of carbonyl (C=O) groups excluding carboxylic acids is 1. The summed E-state index contributed by atoms with van der Waals surface area (Å²) in [6.45, 7) is 3.19. The zero-order valence-electron chi connectivity index (χ0n) is 12.6. The van der Waals surface area contributed by atoms with Crippen LogP contribution >= 0.6 is 11.6 Å². The molecule has 0 aliphatic carbocycles. The van der Waals surface area contributed by atoms with Gasteiger partial charge in [-0.05, 0) is 56.3 Å². The lowest BCUT2D eigenvalue weighted by Gasteiger charge is -2.25. The van der Waals surface area contributed by atoms with E-state index in [1.165, 1.54) is 36.4 Å². The fourth-order valence-electron chi connectivity index (χ4n) is 1.81. The largest absolute Gasteiger partial charge is 0.478 e. The Balaban J connectivity index is 2.10. The van der Waals surface area contributed by atoms with E-state index in [1.54, 1.807) is 19.9 Å². The van der Waals surface area contributed by atoms with Crippen LogP contribution in [0.3, 0.4) is 0 Å². The van der Waals surface area contributed by atoms with Crippen molar-refractivity contribution in [3.05, 3.63) is 58.9 Å². The minimum atomic E-state index is -1.18. The third-order valence-corrected chi connectivity index (χ3v) is 3.39. The number of nitrogens with zero attached hydrogens (tertiary/aromatic N) is 1. The summed E-state index contributed by atoms with van der Waals surface area (Å²) in [5.74, 6) is -0.404. The van der Waals surface area contributed by atoms with Crippen LogP contribution in [0.5, 0.6) is 5.75 Å². The number of halogens is 2. The summed E-state index contributed by atoms with van der Waals surface area (Å²) in [7, 11) is 0. The summed E-state index contributed by atoms with van der Waals surface area (Å²) >= 11 is 5.93. The van der Waals surface area contributed by atoms with Gasteiger partial charge in [0.1, 0.15) is 17.6 Å². The Morgan fingerprint density at radius 3 is 2.48 bits per heavy atom. The van der Waals surface area contributed by atoms with Crippen LogP contribution in [-0.4, -0.2) is 11.5 Å². The van der Waals surface area contributed by atoms with Gasteiger partial charge < -0.3 is 10.1 Å². The van der Waals surface area contributed by atoms with Gasteiger partial charge >= 0.3 is 0 Å². The molecule has 0 atom stereocenters. The van der Waals surface area contributed by atoms with Crippen molar-refractivity contribution in [1.82, 2.24) is 0 Å². The van der Waals surface area contributed by atoms with Crippen molar-refractivity contribution in [3.63, 3.8) is 0 Å². The van der Waals surface area contributed by atoms with Gasteiger partial charge in [0.05, 0.1) is 10.6 Å². The van der Waals surface area contributed by atoms with Crippen molar-refractivity contribution in [2.24, 2.45) is 0 Å². The van der Waals surface area contributed by atoms with E-state index >= 15 is 0 Å². The minimum absolute atomic E-state index is 0.252. The number of anilines is 1. The molecule has 1 N–H and O–H groups in total. The van der Waals surface area contributed by atoms with Crippen LogP contribution in [0.4, 0.5) is 10.1 Å². The number of nitrogens with one attached hydrogen (secondary N) is 1. The van der Waals surface area contributed by atoms with Crippen LogP contribution in [0.25, 0.3) is 0 Å². The maximum Gasteiger partial charge on any atom is 0.267 e. The first-order chi connectivity index (χ1) is 10.8. The van der Waals surface area contributed by atoms with Crippen LogP contribution in [0.1, 0.15) is 19.4 Å². The number of ether oxygens (including phenoxy) is 1. The lowest BCUT2D eigenvalue weighted by atomic mass is 10.1. The average Bonchev–Trinajstić information content (AvgIpc) is 2.49. The second-order valence-electron chi connectivity index (χ2n) is 5.33. The van der Waals surface area contributed by atoms with Crippen LogP contribution in [0, 0.1) is 17.1 Å². The first-order valence-electron chi connectivity index (χ1n) is 6.77. The molecule has 0 aromatic heterocycles. The number of rotatable bonds is 4. The predicted octanol–water partition coefficient (Wildman–Crippen LogP) is 4.15. The Morgan fingerprint density at radius 1 is 1.26 bits per heavy atom. The zero-order valence-corrected chi connectivity index (χ0v) is 13.3. The highest BCUT2D eigenvalue weighted by atomic mass is 35.5. The van der Waals surface area contributed by atoms with E-state index in [0.717, 1.165) is 0 Å². The molecular formula is C17H14ClFN2O2. The standard InChI is InChI=1S/C17H14ClFN2O2/c1-17(2,23-14-7-4-12(19)5-8-14)16(22)21-13-6-3-11(10-20)15(18)9-13/h3-9H,1-2H3,(H,21,22). The van der Waals surface area contributed by atoms with Gasteiger partial charge in [0.25, 0.3) is 5.91 Å². The van der Waals surface area contributed by atoms with Gasteiger partial charge in [-0.2, -0.15) is 5.26 Å². The van der Waals surface area contributed by atoms with Gasteiger partial charge in [-0.3, -0.25) is 4.79 Å². The smallest absolute Gasteiger partial charge is 0.267 e. The second-order valence-corrected chi connectivity index (χ2v) is 5.73. The van der Waals surface area contributed by atoms with Crippen molar-refractivity contribution in [3.8, 4) is 11.8 Å². The van der Waals surface area contributed by atoms with Crippen molar-refractivity contribution >= 4 is 23.2 Å². The van der Waals surface area contributed by atoms with Gasteiger partial charge in [-0.1, -0.05) is 11.6 Å². The fourth-order valence-corrected chi connectivity index (χ4v) is 2.03. The molecule has 6 heteroatoms. The van der Waals surface area contributed by atoms with Crippen molar-refractivity contribution in [2.45, 2.75) is 19.4 Å². The number of benzene rings is 2. The summed E-state index contributed by atoms with van der Waals surface area (Å²) in [4.78, 5) is 12.4. The zero-order chi connectivity index (χ0) is 17.0. The van der Waals surface area contributed by atoms with E-state index in [-0.39, 0.29) is 10.8 Å². The molecule has 118 valence electrons. The highest BCUT2D eigenvalue weighted by Crippen LogP contribution is 2.23. The molecule has 2 rings (SSSR count). The summed E-state index contributed by atoms with van der Waals surface area (Å²) in [6, 6.07) is 11.9. The SMILES string of the molecule is CC(C)(Oc1ccc(F)cc1)C(=O)Nc1ccc(C#N)c(Cl)c1. The Hall–Kier alpha value is -2.58. The van der Waals surface area contributed by atoms with Crippen molar-refractivity contribution in [2.75, 3.05) is 5.32 Å². The maximum atomic E-state index is 12.9. The molecule has 0 spiro atoms. The Morgan fingerprint density at radius 2 is 1.91 bits per heavy atom. The maximum absolute atomic E-state index is 12.9. The topological polar surface area (TPSA) is 62.1 Å². The van der Waals surface area contributed by atoms with Gasteiger partial charge in [0.15, 0.2) is 5.60 Å². The molecule has 2 aromatic carbocycles. The van der Waals surface area contributed by atoms with Crippen molar-refractivity contribution in [1.29, 1.82) is 5.26 Å². The van der Waals surface area contributed by atoms with Crippen LogP contribution in [0.2, 0.25) is 5.02 Å². The quantitative estimate of drug-likeness (QED) is 0.915. The monoisotopic (exact) mass is 332 g/mol. The molecule has 0 fully saturated rings. The highest BCUT2D eigenvalue weighted by Gasteiger charge is 2.30. The lowest BCUT2D eigenvalue weighted by molar-refractivity contribution is -0.128. The fraction of sp³-hybridized carbons (Fsp3) is 0.176. The molecule has 0 radical (unpaired) electrons. The van der Waals surface area contributed by atoms with E-state index < -0.39 is 11.5 Å². The normalized spacial score (nSPS) is 10.7. The summed E-state index contributed by atoms with van der Waals surface area (Å²) in [6.07, 6.45) is 0. The van der Waals surface area contributed by atoms with E-state index in [0.29, 0.717) is 17.0 Å². The van der Waals surface area contributed by atoms with E-state index in [1.807, 2.05) is 6.07 Å². The third kappa shape index (κ3) is 4.21. The first-order valence-corrected chi connectivity index (χ1v) is 7.15.